The molecule has 2 aliphatic rings. The largest absolute Gasteiger partial charge is 0.374 e. The van der Waals surface area contributed by atoms with Crippen LogP contribution in [0.3, 0.4) is 0 Å². The summed E-state index contributed by atoms with van der Waals surface area (Å²) < 4.78 is 0. The molecule has 2 aliphatic heterocycles. The third kappa shape index (κ3) is 2.51. The van der Waals surface area contributed by atoms with Crippen LogP contribution in [0.25, 0.3) is 0 Å². The van der Waals surface area contributed by atoms with Crippen LogP contribution in [-0.4, -0.2) is 16.9 Å². The number of carbonyl (C=O) groups is 2. The van der Waals surface area contributed by atoms with E-state index in [4.69, 9.17) is 0 Å². The molecule has 0 aliphatic carbocycles. The molecular formula is C26H18N4O3. The van der Waals surface area contributed by atoms with Crippen molar-refractivity contribution >= 4 is 23.2 Å². The quantitative estimate of drug-likeness (QED) is 0.655. The van der Waals surface area contributed by atoms with Crippen molar-refractivity contribution in [3.8, 4) is 12.1 Å². The number of hydrogen-bond acceptors (Lipinski definition) is 5. The fourth-order valence-electron chi connectivity index (χ4n) is 5.10. The van der Waals surface area contributed by atoms with E-state index >= 15 is 0 Å². The Bertz CT molecular complexity index is 1360. The third-order valence-corrected chi connectivity index (χ3v) is 6.54. The number of nitriles is 2. The predicted molar refractivity (Wildman–Crippen MR) is 119 cm³/mol. The van der Waals surface area contributed by atoms with Crippen molar-refractivity contribution in [1.82, 2.24) is 0 Å². The highest BCUT2D eigenvalue weighted by molar-refractivity contribution is 6.17. The minimum atomic E-state index is -2.47. The first-order chi connectivity index (χ1) is 16.0. The first kappa shape index (κ1) is 20.4. The molecule has 3 aromatic carbocycles. The summed E-state index contributed by atoms with van der Waals surface area (Å²) in [5.41, 5.74) is -2.56. The third-order valence-electron chi connectivity index (χ3n) is 6.54. The first-order valence-corrected chi connectivity index (χ1v) is 10.4. The van der Waals surface area contributed by atoms with E-state index in [0.717, 1.165) is 5.56 Å². The monoisotopic (exact) mass is 434 g/mol. The van der Waals surface area contributed by atoms with Crippen LogP contribution in [0.5, 0.6) is 0 Å². The summed E-state index contributed by atoms with van der Waals surface area (Å²) >= 11 is 0. The van der Waals surface area contributed by atoms with Crippen molar-refractivity contribution in [2.24, 2.45) is 5.92 Å². The van der Waals surface area contributed by atoms with Gasteiger partial charge in [-0.1, -0.05) is 66.7 Å². The highest BCUT2D eigenvalue weighted by Gasteiger charge is 2.72. The number of rotatable bonds is 4. The number of nitrogens with zero attached hydrogens (tertiary/aromatic N) is 3. The molecular weight excluding hydrogens is 416 g/mol. The fourth-order valence-corrected chi connectivity index (χ4v) is 5.10. The molecule has 3 aromatic rings. The SMILES string of the molecule is N#CC(C#N)C1(C2(O)C(=O)N(Cc3ccccc3)c3ccccc32)C(=O)Nc2ccccc21. The highest BCUT2D eigenvalue weighted by Crippen LogP contribution is 2.58. The van der Waals surface area contributed by atoms with E-state index in [1.54, 1.807) is 48.5 Å². The van der Waals surface area contributed by atoms with Gasteiger partial charge in [-0.3, -0.25) is 9.59 Å². The van der Waals surface area contributed by atoms with Gasteiger partial charge in [-0.2, -0.15) is 10.5 Å². The van der Waals surface area contributed by atoms with Gasteiger partial charge in [0.05, 0.1) is 24.4 Å². The Balaban J connectivity index is 1.79. The summed E-state index contributed by atoms with van der Waals surface area (Å²) in [5, 5.41) is 34.8. The van der Waals surface area contributed by atoms with Gasteiger partial charge < -0.3 is 15.3 Å². The minimum Gasteiger partial charge on any atom is -0.374 e. The van der Waals surface area contributed by atoms with Crippen molar-refractivity contribution in [3.63, 3.8) is 0 Å². The van der Waals surface area contributed by atoms with Crippen LogP contribution >= 0.6 is 0 Å². The Labute approximate surface area is 190 Å². The van der Waals surface area contributed by atoms with Crippen LogP contribution < -0.4 is 10.2 Å². The van der Waals surface area contributed by atoms with E-state index in [2.05, 4.69) is 5.32 Å². The molecule has 0 spiro atoms. The average Bonchev–Trinajstić information content (AvgIpc) is 3.26. The molecule has 0 saturated carbocycles. The van der Waals surface area contributed by atoms with Gasteiger partial charge in [0.1, 0.15) is 5.41 Å². The molecule has 0 aromatic heterocycles. The van der Waals surface area contributed by atoms with E-state index in [9.17, 15) is 25.2 Å². The molecule has 33 heavy (non-hydrogen) atoms. The molecule has 2 atom stereocenters. The first-order valence-electron chi connectivity index (χ1n) is 10.4. The molecule has 0 saturated heterocycles. The van der Waals surface area contributed by atoms with Crippen LogP contribution in [-0.2, 0) is 27.1 Å². The molecule has 2 heterocycles. The Morgan fingerprint density at radius 2 is 1.48 bits per heavy atom. The van der Waals surface area contributed by atoms with Gasteiger partial charge in [0.15, 0.2) is 11.5 Å². The van der Waals surface area contributed by atoms with Gasteiger partial charge in [-0.15, -0.1) is 0 Å². The Hall–Kier alpha value is -4.46. The summed E-state index contributed by atoms with van der Waals surface area (Å²) in [6.07, 6.45) is 0. The van der Waals surface area contributed by atoms with Crippen LogP contribution in [0.2, 0.25) is 0 Å². The van der Waals surface area contributed by atoms with Crippen molar-refractivity contribution in [2.75, 3.05) is 10.2 Å². The second-order valence-corrected chi connectivity index (χ2v) is 8.10. The fraction of sp³-hybridized carbons (Fsp3) is 0.154. The number of nitrogens with one attached hydrogen (secondary N) is 1. The number of carbonyl (C=O) groups excluding carboxylic acids is 2. The summed E-state index contributed by atoms with van der Waals surface area (Å²) in [6.45, 7) is 0.155. The summed E-state index contributed by atoms with van der Waals surface area (Å²) in [4.78, 5) is 29.0. The number of aliphatic hydroxyl groups is 1. The lowest BCUT2D eigenvalue weighted by Gasteiger charge is -2.40. The lowest BCUT2D eigenvalue weighted by Crippen LogP contribution is -2.61. The standard InChI is InChI=1S/C26H18N4O3/c27-14-18(15-28)25(19-10-4-6-12-21(19)29-23(25)31)26(33)20-11-5-7-13-22(20)30(24(26)32)16-17-8-2-1-3-9-17/h1-13,18,33H,16H2,(H,29,31). The normalized spacial score (nSPS) is 23.0. The zero-order chi connectivity index (χ0) is 23.2. The second-order valence-electron chi connectivity index (χ2n) is 8.10. The Morgan fingerprint density at radius 1 is 0.879 bits per heavy atom. The molecule has 2 amide bonds. The van der Waals surface area contributed by atoms with E-state index in [-0.39, 0.29) is 17.7 Å². The Morgan fingerprint density at radius 3 is 2.18 bits per heavy atom. The topological polar surface area (TPSA) is 117 Å². The van der Waals surface area contributed by atoms with Crippen LogP contribution in [0.4, 0.5) is 11.4 Å². The van der Waals surface area contributed by atoms with E-state index in [1.807, 2.05) is 42.5 Å². The summed E-state index contributed by atoms with van der Waals surface area (Å²) in [7, 11) is 0. The molecule has 0 radical (unpaired) electrons. The van der Waals surface area contributed by atoms with Gasteiger partial charge in [-0.25, -0.2) is 0 Å². The Kier molecular flexibility index (Phi) is 4.52. The molecule has 2 N–H and O–H groups in total. The maximum Gasteiger partial charge on any atom is 0.265 e. The minimum absolute atomic E-state index is 0.155. The van der Waals surface area contributed by atoms with Crippen LogP contribution in [0.15, 0.2) is 78.9 Å². The number of benzene rings is 3. The molecule has 5 rings (SSSR count). The van der Waals surface area contributed by atoms with E-state index in [0.29, 0.717) is 11.4 Å². The number of amides is 2. The molecule has 7 nitrogen and oxygen atoms in total. The van der Waals surface area contributed by atoms with Crippen LogP contribution in [0, 0.1) is 28.6 Å². The zero-order valence-corrected chi connectivity index (χ0v) is 17.4. The summed E-state index contributed by atoms with van der Waals surface area (Å²) in [5.74, 6) is -3.14. The maximum atomic E-state index is 14.0. The van der Waals surface area contributed by atoms with Crippen molar-refractivity contribution in [3.05, 3.63) is 95.6 Å². The van der Waals surface area contributed by atoms with Crippen LogP contribution in [0.1, 0.15) is 16.7 Å². The number of hydrogen-bond donors (Lipinski definition) is 2. The van der Waals surface area contributed by atoms with Crippen molar-refractivity contribution in [2.45, 2.75) is 17.6 Å². The lowest BCUT2D eigenvalue weighted by atomic mass is 9.59. The second kappa shape index (κ2) is 7.30. The smallest absolute Gasteiger partial charge is 0.265 e. The number of para-hydroxylation sites is 2. The highest BCUT2D eigenvalue weighted by atomic mass is 16.3. The zero-order valence-electron chi connectivity index (χ0n) is 17.4. The number of anilines is 2. The predicted octanol–water partition coefficient (Wildman–Crippen LogP) is 2.97. The average molecular weight is 434 g/mol. The summed E-state index contributed by atoms with van der Waals surface area (Å²) in [6, 6.07) is 26.2. The van der Waals surface area contributed by atoms with Gasteiger partial charge >= 0.3 is 0 Å². The molecule has 7 heteroatoms. The molecule has 0 bridgehead atoms. The van der Waals surface area contributed by atoms with Gasteiger partial charge in [0, 0.05) is 11.3 Å². The lowest BCUT2D eigenvalue weighted by molar-refractivity contribution is -0.154. The van der Waals surface area contributed by atoms with Crippen molar-refractivity contribution < 1.29 is 14.7 Å². The van der Waals surface area contributed by atoms with E-state index in [1.165, 1.54) is 4.90 Å². The van der Waals surface area contributed by atoms with Gasteiger partial charge in [0.25, 0.3) is 5.91 Å². The molecule has 0 fully saturated rings. The molecule has 160 valence electrons. The molecule has 2 unspecified atom stereocenters. The van der Waals surface area contributed by atoms with E-state index < -0.39 is 28.7 Å². The maximum absolute atomic E-state index is 14.0. The van der Waals surface area contributed by atoms with Gasteiger partial charge in [0.2, 0.25) is 5.91 Å². The van der Waals surface area contributed by atoms with Gasteiger partial charge in [-0.05, 0) is 23.3 Å². The van der Waals surface area contributed by atoms with Crippen molar-refractivity contribution in [1.29, 1.82) is 10.5 Å². The number of fused-ring (bicyclic) bond motifs is 2.